The number of pyridine rings is 1. The van der Waals surface area contributed by atoms with Crippen LogP contribution < -0.4 is 0 Å². The van der Waals surface area contributed by atoms with Gasteiger partial charge in [0.2, 0.25) is 0 Å². The fourth-order valence-electron chi connectivity index (χ4n) is 4.61. The quantitative estimate of drug-likeness (QED) is 0.195. The molecule has 0 radical (unpaired) electrons. The zero-order valence-corrected chi connectivity index (χ0v) is 24.7. The van der Waals surface area contributed by atoms with Gasteiger partial charge in [-0.05, 0) is 23.6 Å². The minimum absolute atomic E-state index is 0. The van der Waals surface area contributed by atoms with E-state index in [1.807, 2.05) is 85.7 Å². The molecule has 8 heteroatoms. The summed E-state index contributed by atoms with van der Waals surface area (Å²) in [5, 5.41) is 10.8. The van der Waals surface area contributed by atoms with Crippen molar-refractivity contribution in [1.82, 2.24) is 33.7 Å². The van der Waals surface area contributed by atoms with Crippen LogP contribution in [0.4, 0.5) is 0 Å². The summed E-state index contributed by atoms with van der Waals surface area (Å²) in [6, 6.07) is 31.8. The van der Waals surface area contributed by atoms with E-state index in [1.165, 1.54) is 10.8 Å². The van der Waals surface area contributed by atoms with Crippen LogP contribution >= 0.6 is 0 Å². The average molecular weight is 715 g/mol. The molecule has 0 aliphatic carbocycles. The molecule has 0 saturated heterocycles. The van der Waals surface area contributed by atoms with Crippen LogP contribution in [0.1, 0.15) is 22.5 Å². The molecule has 0 aliphatic rings. The summed E-state index contributed by atoms with van der Waals surface area (Å²) < 4.78 is 7.83. The Balaban J connectivity index is 0.000000164. The van der Waals surface area contributed by atoms with Crippen molar-refractivity contribution >= 4 is 10.8 Å². The number of aromatic nitrogens is 7. The first-order valence-electron chi connectivity index (χ1n) is 13.2. The van der Waals surface area contributed by atoms with E-state index in [2.05, 4.69) is 71.1 Å². The van der Waals surface area contributed by atoms with Gasteiger partial charge in [-0.1, -0.05) is 24.3 Å². The fraction of sp³-hybridized carbons (Fsp3) is 0.121. The Morgan fingerprint density at radius 3 is 1.83 bits per heavy atom. The van der Waals surface area contributed by atoms with Gasteiger partial charge < -0.3 is 9.13 Å². The Morgan fingerprint density at radius 2 is 1.24 bits per heavy atom. The standard InChI is InChI=1S/C19H15N3.C14H13N4.Ir/c1-2-8-18-16(7-1)13-17(14-21-9-3-4-10-21)20-19(18)15-22-11-5-6-12-22;1-4-13(11-17-8-2-6-15-17)10-14(5-1)12-18-9-3-7-16-18;/h1-9,11,13H,14-15H2;1-9H,11-12H2;/q-2;-1;+3. The predicted molar refractivity (Wildman–Crippen MR) is 154 cm³/mol. The largest absolute Gasteiger partial charge is 3.00 e. The van der Waals surface area contributed by atoms with Crippen molar-refractivity contribution in [3.63, 3.8) is 0 Å². The van der Waals surface area contributed by atoms with Gasteiger partial charge in [-0.2, -0.15) is 58.7 Å². The first kappa shape index (κ1) is 28.0. The van der Waals surface area contributed by atoms with Crippen molar-refractivity contribution in [2.45, 2.75) is 26.2 Å². The number of fused-ring (bicyclic) bond motifs is 1. The summed E-state index contributed by atoms with van der Waals surface area (Å²) in [6.07, 6.45) is 17.8. The van der Waals surface area contributed by atoms with E-state index < -0.39 is 0 Å². The molecular weight excluding hydrogens is 687 g/mol. The Hall–Kier alpha value is -4.52. The van der Waals surface area contributed by atoms with Gasteiger partial charge in [-0.25, -0.2) is 0 Å². The summed E-state index contributed by atoms with van der Waals surface area (Å²) >= 11 is 0. The van der Waals surface area contributed by atoms with Gasteiger partial charge in [0.15, 0.2) is 0 Å². The van der Waals surface area contributed by atoms with Crippen LogP contribution in [0.5, 0.6) is 0 Å². The fourth-order valence-corrected chi connectivity index (χ4v) is 4.61. The molecule has 0 unspecified atom stereocenters. The Morgan fingerprint density at radius 1 is 0.610 bits per heavy atom. The van der Waals surface area contributed by atoms with Crippen LogP contribution in [0.15, 0.2) is 122 Å². The molecule has 7 aromatic rings. The third-order valence-electron chi connectivity index (χ3n) is 6.43. The van der Waals surface area contributed by atoms with Gasteiger partial charge >= 0.3 is 20.1 Å². The topological polar surface area (TPSA) is 58.4 Å². The van der Waals surface area contributed by atoms with Crippen LogP contribution in [0.25, 0.3) is 10.8 Å². The van der Waals surface area contributed by atoms with Crippen molar-refractivity contribution in [1.29, 1.82) is 0 Å². The van der Waals surface area contributed by atoms with Crippen LogP contribution in [-0.2, 0) is 46.3 Å². The Kier molecular flexibility index (Phi) is 9.37. The first-order valence-corrected chi connectivity index (χ1v) is 13.2. The van der Waals surface area contributed by atoms with Crippen LogP contribution in [0, 0.1) is 18.5 Å². The van der Waals surface area contributed by atoms with Gasteiger partial charge in [0, 0.05) is 56.4 Å². The average Bonchev–Trinajstić information content (AvgIpc) is 3.79. The van der Waals surface area contributed by atoms with Crippen molar-refractivity contribution in [2.75, 3.05) is 0 Å². The van der Waals surface area contributed by atoms with Gasteiger partial charge in [0.25, 0.3) is 0 Å². The number of hydrogen-bond acceptors (Lipinski definition) is 3. The SMILES string of the molecule is [Ir+3].[c-]1c(Cn2cccn2)cccc1Cn1cccn1.[c-]1cccn1Cc1cc2ccccc2c(Cn2[c-]ccc2)n1. The summed E-state index contributed by atoms with van der Waals surface area (Å²) in [4.78, 5) is 4.87. The van der Waals surface area contributed by atoms with E-state index in [4.69, 9.17) is 4.98 Å². The Bertz CT molecular complexity index is 1690. The van der Waals surface area contributed by atoms with Gasteiger partial charge in [-0.3, -0.25) is 14.3 Å². The third kappa shape index (κ3) is 7.57. The summed E-state index contributed by atoms with van der Waals surface area (Å²) in [7, 11) is 0. The molecule has 5 heterocycles. The molecule has 0 N–H and O–H groups in total. The molecule has 5 aromatic heterocycles. The predicted octanol–water partition coefficient (Wildman–Crippen LogP) is 5.51. The maximum absolute atomic E-state index is 4.87. The molecule has 0 amide bonds. The van der Waals surface area contributed by atoms with E-state index >= 15 is 0 Å². The van der Waals surface area contributed by atoms with E-state index in [0.29, 0.717) is 0 Å². The zero-order chi connectivity index (χ0) is 27.0. The second-order valence-electron chi connectivity index (χ2n) is 9.42. The van der Waals surface area contributed by atoms with Crippen molar-refractivity contribution in [3.8, 4) is 0 Å². The zero-order valence-electron chi connectivity index (χ0n) is 22.3. The van der Waals surface area contributed by atoms with E-state index in [0.717, 1.165) is 48.7 Å². The minimum atomic E-state index is 0. The second kappa shape index (κ2) is 13.7. The molecule has 2 aromatic carbocycles. The molecule has 0 spiro atoms. The van der Waals surface area contributed by atoms with Crippen molar-refractivity contribution in [3.05, 3.63) is 163 Å². The Labute approximate surface area is 253 Å². The molecule has 204 valence electrons. The van der Waals surface area contributed by atoms with E-state index in [9.17, 15) is 0 Å². The number of hydrogen-bond donors (Lipinski definition) is 0. The van der Waals surface area contributed by atoms with E-state index in [-0.39, 0.29) is 20.1 Å². The van der Waals surface area contributed by atoms with Gasteiger partial charge in [0.1, 0.15) is 0 Å². The maximum Gasteiger partial charge on any atom is 3.00 e. The minimum Gasteiger partial charge on any atom is -0.466 e. The third-order valence-corrected chi connectivity index (χ3v) is 6.43. The second-order valence-corrected chi connectivity index (χ2v) is 9.42. The van der Waals surface area contributed by atoms with E-state index in [1.54, 1.807) is 12.4 Å². The molecule has 0 bridgehead atoms. The number of nitrogens with zero attached hydrogens (tertiary/aromatic N) is 7. The molecule has 0 saturated carbocycles. The monoisotopic (exact) mass is 715 g/mol. The van der Waals surface area contributed by atoms with Crippen LogP contribution in [0.2, 0.25) is 0 Å². The number of benzene rings is 2. The molecule has 7 nitrogen and oxygen atoms in total. The number of rotatable bonds is 8. The molecule has 0 aliphatic heterocycles. The summed E-state index contributed by atoms with van der Waals surface area (Å²) in [6.45, 7) is 2.97. The maximum atomic E-state index is 4.87. The molecule has 0 fully saturated rings. The normalized spacial score (nSPS) is 10.6. The van der Waals surface area contributed by atoms with Gasteiger partial charge in [-0.15, -0.1) is 35.9 Å². The van der Waals surface area contributed by atoms with Crippen molar-refractivity contribution < 1.29 is 20.1 Å². The van der Waals surface area contributed by atoms with Crippen LogP contribution in [0.3, 0.4) is 0 Å². The van der Waals surface area contributed by atoms with Gasteiger partial charge in [0.05, 0.1) is 11.4 Å². The molecule has 0 atom stereocenters. The first-order chi connectivity index (χ1) is 19.8. The molecule has 41 heavy (non-hydrogen) atoms. The summed E-state index contributed by atoms with van der Waals surface area (Å²) in [5.74, 6) is 0. The van der Waals surface area contributed by atoms with Crippen LogP contribution in [-0.4, -0.2) is 33.7 Å². The van der Waals surface area contributed by atoms with Crippen molar-refractivity contribution in [2.24, 2.45) is 0 Å². The summed E-state index contributed by atoms with van der Waals surface area (Å²) in [5.41, 5.74) is 4.38. The molecule has 7 rings (SSSR count). The molecular formula is C33H28IrN7. The smallest absolute Gasteiger partial charge is 0.466 e.